The van der Waals surface area contributed by atoms with Crippen LogP contribution in [0.5, 0.6) is 0 Å². The second-order valence-corrected chi connectivity index (χ2v) is 14.3. The molecule has 1 aliphatic rings. The number of benzene rings is 5. The lowest BCUT2D eigenvalue weighted by Gasteiger charge is -2.42. The molecule has 0 aliphatic carbocycles. The summed E-state index contributed by atoms with van der Waals surface area (Å²) in [7, 11) is 0. The van der Waals surface area contributed by atoms with Crippen LogP contribution in [0, 0.1) is 0 Å². The maximum atomic E-state index is 16.9. The minimum atomic E-state index is -1.33. The van der Waals surface area contributed by atoms with Crippen molar-refractivity contribution in [3.05, 3.63) is 156 Å². The van der Waals surface area contributed by atoms with Crippen LogP contribution in [0.4, 0.5) is 21.6 Å². The maximum absolute atomic E-state index is 16.9. The van der Waals surface area contributed by atoms with Crippen LogP contribution >= 0.6 is 11.3 Å². The standard InChI is InChI=1S/C42H29FN4S/c1-42(2)32-17-15-26(40(43)25-14-16-27-28-9-3-5-11-34(28)46-20-19-45-41(46)31(27)21-25)22-35(32)47(39-13-7-8-18-44-39)36-23-30-29-10-4-6-12-37(29)48-38(30)24-33(36)42/h3-24,40H,1-2H3. The molecule has 6 heteroatoms. The van der Waals surface area contributed by atoms with E-state index in [-0.39, 0.29) is 5.41 Å². The molecule has 0 radical (unpaired) electrons. The van der Waals surface area contributed by atoms with Crippen LogP contribution in [0.25, 0.3) is 47.5 Å². The zero-order chi connectivity index (χ0) is 32.1. The van der Waals surface area contributed by atoms with E-state index in [2.05, 4.69) is 82.7 Å². The van der Waals surface area contributed by atoms with Crippen molar-refractivity contribution in [2.24, 2.45) is 0 Å². The Labute approximate surface area is 280 Å². The molecule has 1 unspecified atom stereocenters. The van der Waals surface area contributed by atoms with E-state index in [0.29, 0.717) is 11.1 Å². The number of hydrogen-bond acceptors (Lipinski definition) is 4. The molecule has 1 aliphatic heterocycles. The van der Waals surface area contributed by atoms with Crippen molar-refractivity contribution in [2.75, 3.05) is 4.90 Å². The van der Waals surface area contributed by atoms with Gasteiger partial charge in [0.1, 0.15) is 11.5 Å². The minimum Gasteiger partial charge on any atom is -0.299 e. The third-order valence-electron chi connectivity index (χ3n) is 10.2. The summed E-state index contributed by atoms with van der Waals surface area (Å²) >= 11 is 1.83. The second-order valence-electron chi connectivity index (χ2n) is 13.2. The third kappa shape index (κ3) is 3.81. The molecule has 0 N–H and O–H groups in total. The Kier molecular flexibility index (Phi) is 5.71. The van der Waals surface area contributed by atoms with Gasteiger partial charge in [0, 0.05) is 55.0 Å². The molecular weight excluding hydrogens is 612 g/mol. The Balaban J connectivity index is 1.17. The number of anilines is 3. The van der Waals surface area contributed by atoms with Crippen LogP contribution in [0.3, 0.4) is 0 Å². The van der Waals surface area contributed by atoms with E-state index in [1.165, 1.54) is 25.7 Å². The van der Waals surface area contributed by atoms with Gasteiger partial charge in [-0.3, -0.25) is 9.30 Å². The predicted molar refractivity (Wildman–Crippen MR) is 197 cm³/mol. The summed E-state index contributed by atoms with van der Waals surface area (Å²) in [6.45, 7) is 4.55. The zero-order valence-corrected chi connectivity index (χ0v) is 27.2. The highest BCUT2D eigenvalue weighted by Crippen LogP contribution is 2.54. The summed E-state index contributed by atoms with van der Waals surface area (Å²) in [6.07, 6.45) is 4.27. The summed E-state index contributed by atoms with van der Waals surface area (Å²) in [5.41, 5.74) is 7.21. The van der Waals surface area contributed by atoms with Gasteiger partial charge < -0.3 is 0 Å². The summed E-state index contributed by atoms with van der Waals surface area (Å²) in [5, 5.41) is 5.60. The molecule has 0 fully saturated rings. The van der Waals surface area contributed by atoms with E-state index in [0.717, 1.165) is 50.1 Å². The number of hydrogen-bond donors (Lipinski definition) is 0. The van der Waals surface area contributed by atoms with Crippen molar-refractivity contribution in [2.45, 2.75) is 25.4 Å². The maximum Gasteiger partial charge on any atom is 0.150 e. The second kappa shape index (κ2) is 9.96. The quantitative estimate of drug-likeness (QED) is 0.180. The Morgan fingerprint density at radius 2 is 1.40 bits per heavy atom. The SMILES string of the molecule is CC1(C)c2ccc(C(F)c3ccc4c5ccccc5n5ccnc5c4c3)cc2N(c2ccccn2)c2cc3c(cc21)sc1ccccc13. The van der Waals surface area contributed by atoms with Crippen molar-refractivity contribution in [1.82, 2.24) is 14.4 Å². The van der Waals surface area contributed by atoms with Gasteiger partial charge in [-0.05, 0) is 76.2 Å². The predicted octanol–water partition coefficient (Wildman–Crippen LogP) is 11.6. The Bertz CT molecular complexity index is 2740. The van der Waals surface area contributed by atoms with Crippen LogP contribution < -0.4 is 4.90 Å². The summed E-state index contributed by atoms with van der Waals surface area (Å²) in [5.74, 6) is 0.807. The monoisotopic (exact) mass is 640 g/mol. The van der Waals surface area contributed by atoms with E-state index in [4.69, 9.17) is 4.98 Å². The molecule has 230 valence electrons. The highest BCUT2D eigenvalue weighted by Gasteiger charge is 2.38. The lowest BCUT2D eigenvalue weighted by molar-refractivity contribution is 0.402. The lowest BCUT2D eigenvalue weighted by atomic mass is 9.73. The average Bonchev–Trinajstić information content (AvgIpc) is 3.77. The van der Waals surface area contributed by atoms with Gasteiger partial charge in [-0.15, -0.1) is 11.3 Å². The first-order chi connectivity index (χ1) is 23.5. The van der Waals surface area contributed by atoms with E-state index in [1.54, 1.807) is 0 Å². The molecule has 1 atom stereocenters. The van der Waals surface area contributed by atoms with E-state index in [1.807, 2.05) is 90.6 Å². The fourth-order valence-electron chi connectivity index (χ4n) is 7.81. The summed E-state index contributed by atoms with van der Waals surface area (Å²) in [4.78, 5) is 11.7. The topological polar surface area (TPSA) is 33.4 Å². The molecule has 48 heavy (non-hydrogen) atoms. The molecule has 5 aromatic carbocycles. The van der Waals surface area contributed by atoms with Gasteiger partial charge in [0.15, 0.2) is 6.17 Å². The molecule has 9 aromatic rings. The lowest BCUT2D eigenvalue weighted by Crippen LogP contribution is -2.31. The first-order valence-corrected chi connectivity index (χ1v) is 17.0. The Morgan fingerprint density at radius 1 is 0.625 bits per heavy atom. The number of imidazole rings is 1. The van der Waals surface area contributed by atoms with E-state index in [9.17, 15) is 0 Å². The summed E-state index contributed by atoms with van der Waals surface area (Å²) in [6, 6.07) is 39.6. The van der Waals surface area contributed by atoms with Crippen LogP contribution in [0.1, 0.15) is 42.3 Å². The van der Waals surface area contributed by atoms with Crippen molar-refractivity contribution in [1.29, 1.82) is 0 Å². The highest BCUT2D eigenvalue weighted by atomic mass is 32.1. The van der Waals surface area contributed by atoms with Crippen LogP contribution in [0.2, 0.25) is 0 Å². The molecule has 4 nitrogen and oxygen atoms in total. The third-order valence-corrected chi connectivity index (χ3v) is 11.3. The largest absolute Gasteiger partial charge is 0.299 e. The fourth-order valence-corrected chi connectivity index (χ4v) is 8.94. The van der Waals surface area contributed by atoms with Crippen LogP contribution in [-0.4, -0.2) is 14.4 Å². The first kappa shape index (κ1) is 27.5. The fraction of sp³-hybridized carbons (Fsp3) is 0.0952. The number of thiophene rings is 1. The van der Waals surface area contributed by atoms with Gasteiger partial charge in [-0.2, -0.15) is 0 Å². The number of nitrogens with zero attached hydrogens (tertiary/aromatic N) is 4. The van der Waals surface area contributed by atoms with Gasteiger partial charge in [0.25, 0.3) is 0 Å². The highest BCUT2D eigenvalue weighted by molar-refractivity contribution is 7.25. The van der Waals surface area contributed by atoms with Crippen molar-refractivity contribution >= 4 is 76.0 Å². The van der Waals surface area contributed by atoms with Gasteiger partial charge >= 0.3 is 0 Å². The number of halogens is 1. The van der Waals surface area contributed by atoms with Crippen molar-refractivity contribution in [3.63, 3.8) is 0 Å². The smallest absolute Gasteiger partial charge is 0.150 e. The summed E-state index contributed by atoms with van der Waals surface area (Å²) < 4.78 is 21.5. The molecule has 0 spiro atoms. The van der Waals surface area contributed by atoms with Crippen molar-refractivity contribution < 1.29 is 4.39 Å². The van der Waals surface area contributed by atoms with Crippen LogP contribution in [-0.2, 0) is 5.41 Å². The Hall–Kier alpha value is -5.59. The molecule has 0 amide bonds. The molecular formula is C42H29FN4S. The first-order valence-electron chi connectivity index (χ1n) is 16.2. The van der Waals surface area contributed by atoms with E-state index < -0.39 is 6.17 Å². The van der Waals surface area contributed by atoms with Crippen LogP contribution in [0.15, 0.2) is 134 Å². The van der Waals surface area contributed by atoms with Gasteiger partial charge in [-0.25, -0.2) is 14.4 Å². The number of rotatable bonds is 3. The molecule has 10 rings (SSSR count). The van der Waals surface area contributed by atoms with Gasteiger partial charge in [0.2, 0.25) is 0 Å². The van der Waals surface area contributed by atoms with E-state index >= 15 is 4.39 Å². The Morgan fingerprint density at radius 3 is 2.27 bits per heavy atom. The number of pyridine rings is 2. The van der Waals surface area contributed by atoms with Gasteiger partial charge in [-0.1, -0.05) is 80.6 Å². The molecule has 5 heterocycles. The number of fused-ring (bicyclic) bond motifs is 11. The number of aromatic nitrogens is 3. The van der Waals surface area contributed by atoms with Gasteiger partial charge in [0.05, 0.1) is 16.9 Å². The minimum absolute atomic E-state index is 0.319. The zero-order valence-electron chi connectivity index (χ0n) is 26.4. The van der Waals surface area contributed by atoms with Crippen molar-refractivity contribution in [3.8, 4) is 0 Å². The number of para-hydroxylation sites is 1. The molecule has 0 bridgehead atoms. The molecule has 0 saturated heterocycles. The average molecular weight is 641 g/mol. The normalized spacial score (nSPS) is 14.6. The molecule has 4 aromatic heterocycles. The molecule has 0 saturated carbocycles. The number of alkyl halides is 1.